The lowest BCUT2D eigenvalue weighted by atomic mass is 9.99. The van der Waals surface area contributed by atoms with Crippen LogP contribution in [0.5, 0.6) is 0 Å². The Morgan fingerprint density at radius 3 is 1.85 bits per heavy atom. The Bertz CT molecular complexity index is 376. The first-order valence-corrected chi connectivity index (χ1v) is 6.08. The van der Waals surface area contributed by atoms with Gasteiger partial charge >= 0.3 is 18.2 Å². The summed E-state index contributed by atoms with van der Waals surface area (Å²) in [7, 11) is 0. The molecule has 0 radical (unpaired) electrons. The quantitative estimate of drug-likeness (QED) is 0.866. The van der Waals surface area contributed by atoms with E-state index in [-0.39, 0.29) is 17.9 Å². The van der Waals surface area contributed by atoms with Gasteiger partial charge in [-0.3, -0.25) is 4.90 Å². The number of carbonyl (C=O) groups excluding carboxylic acids is 1. The van der Waals surface area contributed by atoms with Gasteiger partial charge in [0.1, 0.15) is 5.60 Å². The molecule has 0 aliphatic rings. The number of hydrogen-bond donors (Lipinski definition) is 1. The highest BCUT2D eigenvalue weighted by Crippen LogP contribution is 2.36. The van der Waals surface area contributed by atoms with Crippen molar-refractivity contribution in [3.63, 3.8) is 0 Å². The van der Waals surface area contributed by atoms with Gasteiger partial charge in [0.25, 0.3) is 0 Å². The molecular formula is C12H20F3NO4. The van der Waals surface area contributed by atoms with Gasteiger partial charge in [-0.2, -0.15) is 13.2 Å². The number of carboxylic acid groups (broad SMARTS) is 1. The molecule has 0 aromatic heterocycles. The molecular weight excluding hydrogens is 279 g/mol. The Morgan fingerprint density at radius 1 is 1.15 bits per heavy atom. The predicted octanol–water partition coefficient (Wildman–Crippen LogP) is 3.04. The Kier molecular flexibility index (Phi) is 5.45. The van der Waals surface area contributed by atoms with E-state index in [0.717, 1.165) is 0 Å². The van der Waals surface area contributed by atoms with Crippen molar-refractivity contribution in [1.29, 1.82) is 0 Å². The highest BCUT2D eigenvalue weighted by atomic mass is 19.4. The van der Waals surface area contributed by atoms with Crippen molar-refractivity contribution in [2.75, 3.05) is 6.54 Å². The van der Waals surface area contributed by atoms with E-state index in [9.17, 15) is 22.8 Å². The lowest BCUT2D eigenvalue weighted by Gasteiger charge is -2.39. The second-order valence-corrected chi connectivity index (χ2v) is 5.51. The fourth-order valence-electron chi connectivity index (χ4n) is 1.43. The summed E-state index contributed by atoms with van der Waals surface area (Å²) in [5.41, 5.74) is -4.35. The molecule has 0 fully saturated rings. The minimum absolute atomic E-state index is 0.165. The van der Waals surface area contributed by atoms with Crippen LogP contribution < -0.4 is 0 Å². The number of hydrogen-bond acceptors (Lipinski definition) is 3. The van der Waals surface area contributed by atoms with Crippen LogP contribution >= 0.6 is 0 Å². The molecule has 0 aliphatic heterocycles. The van der Waals surface area contributed by atoms with E-state index >= 15 is 0 Å². The van der Waals surface area contributed by atoms with Crippen LogP contribution in [0, 0.1) is 0 Å². The fraction of sp³-hybridized carbons (Fsp3) is 0.833. The van der Waals surface area contributed by atoms with Gasteiger partial charge in [0.2, 0.25) is 5.54 Å². The number of carboxylic acids is 1. The molecule has 1 amide bonds. The summed E-state index contributed by atoms with van der Waals surface area (Å²) in [6.45, 7) is 6.07. The second-order valence-electron chi connectivity index (χ2n) is 5.51. The molecule has 0 saturated heterocycles. The highest BCUT2D eigenvalue weighted by Gasteiger charge is 2.63. The number of ether oxygens (including phenoxy) is 1. The zero-order valence-electron chi connectivity index (χ0n) is 12.2. The van der Waals surface area contributed by atoms with E-state index in [1.807, 2.05) is 0 Å². The van der Waals surface area contributed by atoms with Crippen LogP contribution in [0.1, 0.15) is 41.0 Å². The van der Waals surface area contributed by atoms with Crippen molar-refractivity contribution in [2.45, 2.75) is 58.4 Å². The van der Waals surface area contributed by atoms with E-state index < -0.39 is 29.4 Å². The molecule has 118 valence electrons. The molecule has 0 aliphatic carbocycles. The minimum atomic E-state index is -5.12. The zero-order valence-corrected chi connectivity index (χ0v) is 12.2. The van der Waals surface area contributed by atoms with Gasteiger partial charge in [0, 0.05) is 6.54 Å². The average Bonchev–Trinajstić information content (AvgIpc) is 2.20. The summed E-state index contributed by atoms with van der Waals surface area (Å²) in [5.74, 6) is -2.15. The van der Waals surface area contributed by atoms with E-state index in [0.29, 0.717) is 6.92 Å². The van der Waals surface area contributed by atoms with E-state index in [1.54, 1.807) is 0 Å². The molecule has 1 N–H and O–H groups in total. The van der Waals surface area contributed by atoms with Crippen molar-refractivity contribution in [2.24, 2.45) is 0 Å². The van der Waals surface area contributed by atoms with Gasteiger partial charge in [-0.15, -0.1) is 0 Å². The predicted molar refractivity (Wildman–Crippen MR) is 65.3 cm³/mol. The molecule has 0 saturated carbocycles. The lowest BCUT2D eigenvalue weighted by Crippen LogP contribution is -2.64. The third kappa shape index (κ3) is 4.01. The maximum atomic E-state index is 13.1. The van der Waals surface area contributed by atoms with Crippen molar-refractivity contribution >= 4 is 12.1 Å². The summed E-state index contributed by atoms with van der Waals surface area (Å²) in [6, 6.07) is 0. The van der Waals surface area contributed by atoms with Crippen molar-refractivity contribution in [1.82, 2.24) is 4.90 Å². The minimum Gasteiger partial charge on any atom is -0.479 e. The molecule has 0 aromatic carbocycles. The summed E-state index contributed by atoms with van der Waals surface area (Å²) >= 11 is 0. The molecule has 0 spiro atoms. The second kappa shape index (κ2) is 5.88. The maximum absolute atomic E-state index is 13.1. The van der Waals surface area contributed by atoms with Gasteiger partial charge < -0.3 is 9.84 Å². The maximum Gasteiger partial charge on any atom is 0.422 e. The molecule has 0 aromatic rings. The van der Waals surface area contributed by atoms with Crippen LogP contribution in [0.3, 0.4) is 0 Å². The van der Waals surface area contributed by atoms with Gasteiger partial charge in [-0.25, -0.2) is 9.59 Å². The van der Waals surface area contributed by atoms with Crippen LogP contribution in [-0.2, 0) is 9.53 Å². The molecule has 8 heteroatoms. The summed E-state index contributed by atoms with van der Waals surface area (Å²) in [6.07, 6.45) is -6.26. The van der Waals surface area contributed by atoms with Gasteiger partial charge in [-0.1, -0.05) is 6.92 Å². The van der Waals surface area contributed by atoms with Crippen molar-refractivity contribution < 1.29 is 32.6 Å². The first kappa shape index (κ1) is 18.5. The summed E-state index contributed by atoms with van der Waals surface area (Å²) in [5, 5.41) is 8.94. The van der Waals surface area contributed by atoms with Crippen LogP contribution in [0.15, 0.2) is 0 Å². The third-order valence-electron chi connectivity index (χ3n) is 2.57. The number of amides is 1. The van der Waals surface area contributed by atoms with Gasteiger partial charge in [-0.05, 0) is 34.1 Å². The summed E-state index contributed by atoms with van der Waals surface area (Å²) < 4.78 is 44.1. The molecule has 20 heavy (non-hydrogen) atoms. The number of halogens is 3. The van der Waals surface area contributed by atoms with Gasteiger partial charge in [0.15, 0.2) is 0 Å². The summed E-state index contributed by atoms with van der Waals surface area (Å²) in [4.78, 5) is 23.2. The van der Waals surface area contributed by atoms with Crippen LogP contribution in [0.4, 0.5) is 18.0 Å². The topological polar surface area (TPSA) is 66.8 Å². The lowest BCUT2D eigenvalue weighted by molar-refractivity contribution is -0.229. The van der Waals surface area contributed by atoms with Crippen LogP contribution in [0.2, 0.25) is 0 Å². The van der Waals surface area contributed by atoms with E-state index in [1.165, 1.54) is 27.7 Å². The zero-order chi connectivity index (χ0) is 16.4. The normalized spacial score (nSPS) is 15.4. The molecule has 0 bridgehead atoms. The standard InChI is InChI=1S/C12H20F3NO4/c1-6-7-16(9(19)20-10(2,3)4)11(5,8(17)18)12(13,14)15/h6-7H2,1-5H3,(H,17,18). The van der Waals surface area contributed by atoms with Crippen molar-refractivity contribution in [3.8, 4) is 0 Å². The Balaban J connectivity index is 5.64. The van der Waals surface area contributed by atoms with Crippen LogP contribution in [0.25, 0.3) is 0 Å². The average molecular weight is 299 g/mol. The fourth-order valence-corrected chi connectivity index (χ4v) is 1.43. The van der Waals surface area contributed by atoms with Crippen molar-refractivity contribution in [3.05, 3.63) is 0 Å². The van der Waals surface area contributed by atoms with E-state index in [2.05, 4.69) is 0 Å². The first-order chi connectivity index (χ1) is 8.77. The third-order valence-corrected chi connectivity index (χ3v) is 2.57. The monoisotopic (exact) mass is 299 g/mol. The number of rotatable bonds is 4. The largest absolute Gasteiger partial charge is 0.479 e. The highest BCUT2D eigenvalue weighted by molar-refractivity contribution is 5.85. The number of aliphatic carboxylic acids is 1. The van der Waals surface area contributed by atoms with E-state index in [4.69, 9.17) is 9.84 Å². The smallest absolute Gasteiger partial charge is 0.422 e. The Morgan fingerprint density at radius 2 is 1.60 bits per heavy atom. The number of carbonyl (C=O) groups is 2. The molecule has 1 unspecified atom stereocenters. The van der Waals surface area contributed by atoms with Gasteiger partial charge in [0.05, 0.1) is 0 Å². The number of alkyl halides is 3. The molecule has 0 rings (SSSR count). The molecule has 0 heterocycles. The first-order valence-electron chi connectivity index (χ1n) is 6.08. The Labute approximate surface area is 115 Å². The molecule has 5 nitrogen and oxygen atoms in total. The Hall–Kier alpha value is -1.47. The molecule has 1 atom stereocenters. The number of nitrogens with zero attached hydrogens (tertiary/aromatic N) is 1. The van der Waals surface area contributed by atoms with Crippen LogP contribution in [-0.4, -0.2) is 45.9 Å². The SMILES string of the molecule is CCCN(C(=O)OC(C)(C)C)C(C)(C(=O)O)C(F)(F)F.